The maximum absolute atomic E-state index is 12.3. The Bertz CT molecular complexity index is 645. The van der Waals surface area contributed by atoms with Crippen molar-refractivity contribution in [3.05, 3.63) is 41.9 Å². The number of anilines is 1. The summed E-state index contributed by atoms with van der Waals surface area (Å²) in [7, 11) is 0. The molecule has 1 aromatic heterocycles. The fourth-order valence-electron chi connectivity index (χ4n) is 2.38. The van der Waals surface area contributed by atoms with Crippen molar-refractivity contribution in [1.82, 2.24) is 9.88 Å². The molecule has 1 fully saturated rings. The van der Waals surface area contributed by atoms with Gasteiger partial charge in [0.05, 0.1) is 0 Å². The third kappa shape index (κ3) is 3.25. The van der Waals surface area contributed by atoms with E-state index in [1.54, 1.807) is 35.8 Å². The summed E-state index contributed by atoms with van der Waals surface area (Å²) in [5.41, 5.74) is 0. The summed E-state index contributed by atoms with van der Waals surface area (Å²) in [6.07, 6.45) is 2.53. The van der Waals surface area contributed by atoms with Gasteiger partial charge in [0, 0.05) is 18.1 Å². The molecule has 1 atom stereocenters. The second-order valence-corrected chi connectivity index (χ2v) is 5.75. The Hall–Kier alpha value is -2.41. The van der Waals surface area contributed by atoms with Crippen molar-refractivity contribution >= 4 is 28.5 Å². The summed E-state index contributed by atoms with van der Waals surface area (Å²) in [6.45, 7) is 0.515. The number of nitrogens with one attached hydrogen (secondary N) is 1. The Labute approximate surface area is 131 Å². The van der Waals surface area contributed by atoms with E-state index in [9.17, 15) is 9.59 Å². The van der Waals surface area contributed by atoms with Gasteiger partial charge in [-0.3, -0.25) is 9.69 Å². The van der Waals surface area contributed by atoms with Crippen LogP contribution in [0.4, 0.5) is 9.93 Å². The van der Waals surface area contributed by atoms with Crippen molar-refractivity contribution in [3.63, 3.8) is 0 Å². The molecular formula is C15H15N3O3S. The Morgan fingerprint density at radius 3 is 2.86 bits per heavy atom. The zero-order chi connectivity index (χ0) is 15.4. The van der Waals surface area contributed by atoms with E-state index in [2.05, 4.69) is 10.3 Å². The zero-order valence-electron chi connectivity index (χ0n) is 11.8. The summed E-state index contributed by atoms with van der Waals surface area (Å²) in [5, 5.41) is 5.05. The highest BCUT2D eigenvalue weighted by Crippen LogP contribution is 2.22. The van der Waals surface area contributed by atoms with Gasteiger partial charge >= 0.3 is 6.09 Å². The van der Waals surface area contributed by atoms with E-state index in [0.29, 0.717) is 23.8 Å². The van der Waals surface area contributed by atoms with Gasteiger partial charge in [-0.05, 0) is 25.0 Å². The highest BCUT2D eigenvalue weighted by atomic mass is 32.1. The summed E-state index contributed by atoms with van der Waals surface area (Å²) in [5.74, 6) is 0.246. The van der Waals surface area contributed by atoms with Gasteiger partial charge in [-0.1, -0.05) is 18.2 Å². The number of nitrogens with zero attached hydrogens (tertiary/aromatic N) is 2. The lowest BCUT2D eigenvalue weighted by atomic mass is 10.2. The van der Waals surface area contributed by atoms with Crippen LogP contribution in [0.5, 0.6) is 5.75 Å². The maximum Gasteiger partial charge on any atom is 0.415 e. The largest absolute Gasteiger partial charge is 0.415 e. The summed E-state index contributed by atoms with van der Waals surface area (Å²) in [4.78, 5) is 30.0. The van der Waals surface area contributed by atoms with E-state index >= 15 is 0 Å². The molecular weight excluding hydrogens is 302 g/mol. The first-order chi connectivity index (χ1) is 10.7. The molecule has 114 valence electrons. The first-order valence-corrected chi connectivity index (χ1v) is 7.86. The summed E-state index contributed by atoms with van der Waals surface area (Å²) in [6, 6.07) is 8.33. The lowest BCUT2D eigenvalue weighted by molar-refractivity contribution is -0.119. The number of amides is 2. The molecule has 2 heterocycles. The molecule has 3 rings (SSSR count). The molecule has 1 aliphatic heterocycles. The van der Waals surface area contributed by atoms with Gasteiger partial charge in [0.2, 0.25) is 5.91 Å². The van der Waals surface area contributed by atoms with Crippen LogP contribution in [0.15, 0.2) is 41.9 Å². The number of ether oxygens (including phenoxy) is 1. The van der Waals surface area contributed by atoms with Crippen LogP contribution in [-0.2, 0) is 4.79 Å². The number of carbonyl (C=O) groups is 2. The standard InChI is InChI=1S/C15H15N3O3S/c19-13(17-14-16-8-10-22-14)12-7-4-9-18(12)15(20)21-11-5-2-1-3-6-11/h1-3,5-6,8,10,12H,4,7,9H2,(H,16,17,19)/t12-/m0/s1. The van der Waals surface area contributed by atoms with Crippen molar-refractivity contribution in [2.45, 2.75) is 18.9 Å². The minimum Gasteiger partial charge on any atom is -0.410 e. The predicted molar refractivity (Wildman–Crippen MR) is 82.9 cm³/mol. The molecule has 0 spiro atoms. The number of para-hydroxylation sites is 1. The van der Waals surface area contributed by atoms with Crippen LogP contribution in [-0.4, -0.2) is 34.5 Å². The average Bonchev–Trinajstić information content (AvgIpc) is 3.19. The topological polar surface area (TPSA) is 71.5 Å². The number of carbonyl (C=O) groups excluding carboxylic acids is 2. The van der Waals surface area contributed by atoms with Gasteiger partial charge in [0.15, 0.2) is 5.13 Å². The number of thiazole rings is 1. The fraction of sp³-hybridized carbons (Fsp3) is 0.267. The number of hydrogen-bond acceptors (Lipinski definition) is 5. The first kappa shape index (κ1) is 14.5. The summed E-state index contributed by atoms with van der Waals surface area (Å²) >= 11 is 1.34. The van der Waals surface area contributed by atoms with Gasteiger partial charge < -0.3 is 10.1 Å². The molecule has 0 bridgehead atoms. The first-order valence-electron chi connectivity index (χ1n) is 6.98. The molecule has 0 saturated carbocycles. The average molecular weight is 317 g/mol. The minimum absolute atomic E-state index is 0.225. The van der Waals surface area contributed by atoms with Gasteiger partial charge in [-0.15, -0.1) is 11.3 Å². The van der Waals surface area contributed by atoms with E-state index in [0.717, 1.165) is 6.42 Å². The van der Waals surface area contributed by atoms with Gasteiger partial charge in [0.25, 0.3) is 0 Å². The number of rotatable bonds is 3. The lowest BCUT2D eigenvalue weighted by Crippen LogP contribution is -2.44. The van der Waals surface area contributed by atoms with Crippen LogP contribution in [0, 0.1) is 0 Å². The number of benzene rings is 1. The van der Waals surface area contributed by atoms with E-state index in [1.807, 2.05) is 6.07 Å². The van der Waals surface area contributed by atoms with Crippen molar-refractivity contribution in [1.29, 1.82) is 0 Å². The van der Waals surface area contributed by atoms with E-state index < -0.39 is 12.1 Å². The van der Waals surface area contributed by atoms with Gasteiger partial charge in [-0.25, -0.2) is 9.78 Å². The van der Waals surface area contributed by atoms with Gasteiger partial charge in [0.1, 0.15) is 11.8 Å². The number of likely N-dealkylation sites (tertiary alicyclic amines) is 1. The zero-order valence-corrected chi connectivity index (χ0v) is 12.6. The molecule has 0 radical (unpaired) electrons. The summed E-state index contributed by atoms with van der Waals surface area (Å²) < 4.78 is 5.31. The van der Waals surface area contributed by atoms with Crippen molar-refractivity contribution in [3.8, 4) is 5.75 Å². The van der Waals surface area contributed by atoms with Crippen LogP contribution in [0.3, 0.4) is 0 Å². The molecule has 0 aliphatic carbocycles. The smallest absolute Gasteiger partial charge is 0.410 e. The number of hydrogen-bond donors (Lipinski definition) is 1. The highest BCUT2D eigenvalue weighted by molar-refractivity contribution is 7.13. The quantitative estimate of drug-likeness (QED) is 0.945. The van der Waals surface area contributed by atoms with Crippen LogP contribution in [0.1, 0.15) is 12.8 Å². The Morgan fingerprint density at radius 2 is 2.14 bits per heavy atom. The second-order valence-electron chi connectivity index (χ2n) is 4.86. The maximum atomic E-state index is 12.3. The third-order valence-electron chi connectivity index (χ3n) is 3.40. The lowest BCUT2D eigenvalue weighted by Gasteiger charge is -2.22. The third-order valence-corrected chi connectivity index (χ3v) is 4.09. The van der Waals surface area contributed by atoms with Crippen LogP contribution in [0.2, 0.25) is 0 Å². The normalized spacial score (nSPS) is 17.3. The van der Waals surface area contributed by atoms with E-state index in [4.69, 9.17) is 4.74 Å². The van der Waals surface area contributed by atoms with Crippen LogP contribution >= 0.6 is 11.3 Å². The Morgan fingerprint density at radius 1 is 1.32 bits per heavy atom. The Kier molecular flexibility index (Phi) is 4.34. The molecule has 2 aromatic rings. The molecule has 1 saturated heterocycles. The molecule has 6 nitrogen and oxygen atoms in total. The second kappa shape index (κ2) is 6.57. The minimum atomic E-state index is -0.514. The molecule has 7 heteroatoms. The van der Waals surface area contributed by atoms with Crippen LogP contribution in [0.25, 0.3) is 0 Å². The van der Waals surface area contributed by atoms with Crippen LogP contribution < -0.4 is 10.1 Å². The molecule has 1 N–H and O–H groups in total. The molecule has 22 heavy (non-hydrogen) atoms. The van der Waals surface area contributed by atoms with Gasteiger partial charge in [-0.2, -0.15) is 0 Å². The van der Waals surface area contributed by atoms with Crippen molar-refractivity contribution in [2.24, 2.45) is 0 Å². The molecule has 1 aliphatic rings. The van der Waals surface area contributed by atoms with Crippen molar-refractivity contribution in [2.75, 3.05) is 11.9 Å². The van der Waals surface area contributed by atoms with Crippen molar-refractivity contribution < 1.29 is 14.3 Å². The monoisotopic (exact) mass is 317 g/mol. The van der Waals surface area contributed by atoms with E-state index in [-0.39, 0.29) is 5.91 Å². The SMILES string of the molecule is O=C(Nc1nccs1)[C@@H]1CCCN1C(=O)Oc1ccccc1. The predicted octanol–water partition coefficient (Wildman–Crippen LogP) is 2.75. The molecule has 0 unspecified atom stereocenters. The van der Waals surface area contributed by atoms with E-state index in [1.165, 1.54) is 16.2 Å². The molecule has 1 aromatic carbocycles. The highest BCUT2D eigenvalue weighted by Gasteiger charge is 2.35. The Balaban J connectivity index is 1.64. The number of aromatic nitrogens is 1. The molecule has 2 amide bonds. The fourth-order valence-corrected chi connectivity index (χ4v) is 2.91.